The molecule has 0 fully saturated rings. The minimum Gasteiger partial charge on any atom is -0.382 e. The van der Waals surface area contributed by atoms with Gasteiger partial charge >= 0.3 is 0 Å². The van der Waals surface area contributed by atoms with Gasteiger partial charge in [0.15, 0.2) is 0 Å². The van der Waals surface area contributed by atoms with E-state index in [-0.39, 0.29) is 5.91 Å². The van der Waals surface area contributed by atoms with Crippen LogP contribution >= 0.6 is 0 Å². The van der Waals surface area contributed by atoms with E-state index in [1.807, 2.05) is 6.92 Å². The Kier molecular flexibility index (Phi) is 9.95. The summed E-state index contributed by atoms with van der Waals surface area (Å²) in [6.07, 6.45) is 1.14. The zero-order chi connectivity index (χ0) is 10.6. The number of ether oxygens (including phenoxy) is 2. The number of hydrogen-bond donors (Lipinski definition) is 1. The van der Waals surface area contributed by atoms with Gasteiger partial charge < -0.3 is 9.47 Å². The topological polar surface area (TPSA) is 56.8 Å². The Balaban J connectivity index is 3.11. The minimum atomic E-state index is -0.124. The lowest BCUT2D eigenvalue weighted by Crippen LogP contribution is -2.25. The maximum absolute atomic E-state index is 11.0. The fraction of sp³-hybridized carbons (Fsp3) is 0.889. The zero-order valence-corrected chi connectivity index (χ0v) is 8.88. The SMILES string of the molecule is CCOCCCC(=O)NOCCOC. The van der Waals surface area contributed by atoms with Gasteiger partial charge in [-0.15, -0.1) is 0 Å². The van der Waals surface area contributed by atoms with Gasteiger partial charge in [0, 0.05) is 26.7 Å². The van der Waals surface area contributed by atoms with E-state index in [1.165, 1.54) is 0 Å². The van der Waals surface area contributed by atoms with Crippen LogP contribution in [0.4, 0.5) is 0 Å². The average Bonchev–Trinajstić information content (AvgIpc) is 2.19. The van der Waals surface area contributed by atoms with Crippen molar-refractivity contribution in [3.05, 3.63) is 0 Å². The average molecular weight is 205 g/mol. The van der Waals surface area contributed by atoms with Gasteiger partial charge in [0.25, 0.3) is 0 Å². The van der Waals surface area contributed by atoms with Gasteiger partial charge in [-0.25, -0.2) is 5.48 Å². The van der Waals surface area contributed by atoms with Crippen LogP contribution in [-0.2, 0) is 19.1 Å². The third-order valence-corrected chi connectivity index (χ3v) is 1.47. The predicted octanol–water partition coefficient (Wildman–Crippen LogP) is 0.497. The van der Waals surface area contributed by atoms with Crippen LogP contribution in [0.3, 0.4) is 0 Å². The third-order valence-electron chi connectivity index (χ3n) is 1.47. The molecule has 0 radical (unpaired) electrons. The first-order valence-corrected chi connectivity index (χ1v) is 4.78. The molecule has 1 N–H and O–H groups in total. The van der Waals surface area contributed by atoms with Crippen LogP contribution in [0.2, 0.25) is 0 Å². The van der Waals surface area contributed by atoms with E-state index >= 15 is 0 Å². The molecule has 5 heteroatoms. The van der Waals surface area contributed by atoms with Crippen LogP contribution < -0.4 is 5.48 Å². The molecule has 0 aliphatic heterocycles. The first-order chi connectivity index (χ1) is 6.81. The fourth-order valence-corrected chi connectivity index (χ4v) is 0.787. The van der Waals surface area contributed by atoms with Crippen molar-refractivity contribution < 1.29 is 19.1 Å². The normalized spacial score (nSPS) is 10.1. The largest absolute Gasteiger partial charge is 0.382 e. The molecule has 0 aromatic rings. The van der Waals surface area contributed by atoms with E-state index in [9.17, 15) is 4.79 Å². The molecule has 0 aromatic carbocycles. The summed E-state index contributed by atoms with van der Waals surface area (Å²) >= 11 is 0. The first-order valence-electron chi connectivity index (χ1n) is 4.78. The summed E-state index contributed by atoms with van der Waals surface area (Å²) in [5, 5.41) is 0. The maximum Gasteiger partial charge on any atom is 0.243 e. The lowest BCUT2D eigenvalue weighted by Gasteiger charge is -2.05. The summed E-state index contributed by atoms with van der Waals surface area (Å²) in [7, 11) is 1.58. The summed E-state index contributed by atoms with van der Waals surface area (Å²) < 4.78 is 9.83. The number of carbonyl (C=O) groups excluding carboxylic acids is 1. The van der Waals surface area contributed by atoms with Crippen LogP contribution in [-0.4, -0.2) is 39.4 Å². The summed E-state index contributed by atoms with van der Waals surface area (Å²) in [5.41, 5.74) is 2.32. The van der Waals surface area contributed by atoms with E-state index in [0.29, 0.717) is 39.3 Å². The van der Waals surface area contributed by atoms with Crippen LogP contribution in [0.1, 0.15) is 19.8 Å². The second kappa shape index (κ2) is 10.4. The Morgan fingerprint density at radius 3 is 2.71 bits per heavy atom. The summed E-state index contributed by atoms with van der Waals surface area (Å²) in [4.78, 5) is 15.9. The molecule has 0 aliphatic carbocycles. The third kappa shape index (κ3) is 9.44. The molecule has 84 valence electrons. The van der Waals surface area contributed by atoms with E-state index < -0.39 is 0 Å². The van der Waals surface area contributed by atoms with Gasteiger partial charge in [-0.05, 0) is 13.3 Å². The molecule has 0 bridgehead atoms. The molecule has 14 heavy (non-hydrogen) atoms. The van der Waals surface area contributed by atoms with Crippen molar-refractivity contribution in [2.75, 3.05) is 33.5 Å². The standard InChI is InChI=1S/C9H19NO4/c1-3-13-6-4-5-9(11)10-14-8-7-12-2/h3-8H2,1-2H3,(H,10,11). The van der Waals surface area contributed by atoms with Gasteiger partial charge in [0.1, 0.15) is 0 Å². The number of methoxy groups -OCH3 is 1. The highest BCUT2D eigenvalue weighted by Crippen LogP contribution is 1.90. The Morgan fingerprint density at radius 2 is 2.07 bits per heavy atom. The van der Waals surface area contributed by atoms with Crippen molar-refractivity contribution in [3.8, 4) is 0 Å². The van der Waals surface area contributed by atoms with Gasteiger partial charge in [0.05, 0.1) is 13.2 Å². The van der Waals surface area contributed by atoms with Crippen LogP contribution in [0.5, 0.6) is 0 Å². The Labute approximate surface area is 84.7 Å². The Hall–Kier alpha value is -0.650. The van der Waals surface area contributed by atoms with Crippen molar-refractivity contribution in [2.45, 2.75) is 19.8 Å². The van der Waals surface area contributed by atoms with Crippen LogP contribution in [0.15, 0.2) is 0 Å². The maximum atomic E-state index is 11.0. The summed E-state index contributed by atoms with van der Waals surface area (Å²) in [5.74, 6) is -0.124. The molecule has 0 atom stereocenters. The fourth-order valence-electron chi connectivity index (χ4n) is 0.787. The second-order valence-corrected chi connectivity index (χ2v) is 2.67. The lowest BCUT2D eigenvalue weighted by atomic mass is 10.3. The Morgan fingerprint density at radius 1 is 1.29 bits per heavy atom. The predicted molar refractivity (Wildman–Crippen MR) is 51.7 cm³/mol. The van der Waals surface area contributed by atoms with E-state index in [4.69, 9.17) is 14.3 Å². The van der Waals surface area contributed by atoms with Gasteiger partial charge in [-0.3, -0.25) is 9.63 Å². The molecule has 0 unspecified atom stereocenters. The number of carbonyl (C=O) groups is 1. The van der Waals surface area contributed by atoms with E-state index in [2.05, 4.69) is 5.48 Å². The van der Waals surface area contributed by atoms with Crippen LogP contribution in [0.25, 0.3) is 0 Å². The molecule has 0 saturated carbocycles. The monoisotopic (exact) mass is 205 g/mol. The van der Waals surface area contributed by atoms with Crippen molar-refractivity contribution in [3.63, 3.8) is 0 Å². The first kappa shape index (κ1) is 13.4. The van der Waals surface area contributed by atoms with Crippen LogP contribution in [0, 0.1) is 0 Å². The highest BCUT2D eigenvalue weighted by Gasteiger charge is 1.99. The molecule has 0 saturated heterocycles. The van der Waals surface area contributed by atoms with Crippen molar-refractivity contribution >= 4 is 5.91 Å². The molecule has 1 amide bonds. The quantitative estimate of drug-likeness (QED) is 0.440. The summed E-state index contributed by atoms with van der Waals surface area (Å²) in [6, 6.07) is 0. The number of hydrogen-bond acceptors (Lipinski definition) is 4. The molecule has 0 rings (SSSR count). The van der Waals surface area contributed by atoms with Crippen molar-refractivity contribution in [1.29, 1.82) is 0 Å². The highest BCUT2D eigenvalue weighted by molar-refractivity contribution is 5.74. The molecule has 5 nitrogen and oxygen atoms in total. The Bertz CT molecular complexity index is 127. The highest BCUT2D eigenvalue weighted by atomic mass is 16.7. The molecular formula is C9H19NO4. The minimum absolute atomic E-state index is 0.124. The second-order valence-electron chi connectivity index (χ2n) is 2.67. The smallest absolute Gasteiger partial charge is 0.243 e. The van der Waals surface area contributed by atoms with E-state index in [0.717, 1.165) is 0 Å². The van der Waals surface area contributed by atoms with Gasteiger partial charge in [-0.1, -0.05) is 0 Å². The molecule has 0 heterocycles. The lowest BCUT2D eigenvalue weighted by molar-refractivity contribution is -0.134. The number of rotatable bonds is 9. The molecule has 0 spiro atoms. The number of nitrogens with one attached hydrogen (secondary N) is 1. The van der Waals surface area contributed by atoms with Gasteiger partial charge in [0.2, 0.25) is 5.91 Å². The molecule has 0 aliphatic rings. The summed E-state index contributed by atoms with van der Waals surface area (Å²) in [6.45, 7) is 4.06. The number of amides is 1. The molecule has 0 aromatic heterocycles. The van der Waals surface area contributed by atoms with E-state index in [1.54, 1.807) is 7.11 Å². The van der Waals surface area contributed by atoms with Crippen molar-refractivity contribution in [2.24, 2.45) is 0 Å². The number of hydroxylamine groups is 1. The van der Waals surface area contributed by atoms with Gasteiger partial charge in [-0.2, -0.15) is 0 Å². The zero-order valence-electron chi connectivity index (χ0n) is 8.88. The molecular weight excluding hydrogens is 186 g/mol. The van der Waals surface area contributed by atoms with Crippen molar-refractivity contribution in [1.82, 2.24) is 5.48 Å².